The number of hydrogen-bond acceptors (Lipinski definition) is 6. The van der Waals surface area contributed by atoms with Crippen molar-refractivity contribution in [2.45, 2.75) is 25.8 Å². The standard InChI is InChI=1S/C24H31N7O.HI/c1-3-21(19-9-5-4-6-10-19)30-15-17-31(18-16-30)24(25-2)27-14-12-22-28-23(32-29-22)20-11-7-8-13-26-20;/h4-11,13,21H,3,12,14-18H2,1-2H3,(H,25,27);1H. The van der Waals surface area contributed by atoms with Gasteiger partial charge in [-0.05, 0) is 24.1 Å². The molecule has 4 rings (SSSR count). The van der Waals surface area contributed by atoms with Gasteiger partial charge in [-0.2, -0.15) is 4.98 Å². The Morgan fingerprint density at radius 1 is 1.09 bits per heavy atom. The Morgan fingerprint density at radius 2 is 1.85 bits per heavy atom. The molecule has 0 radical (unpaired) electrons. The Balaban J connectivity index is 0.00000306. The second-order valence-corrected chi connectivity index (χ2v) is 7.81. The third kappa shape index (κ3) is 6.50. The van der Waals surface area contributed by atoms with Gasteiger partial charge in [-0.25, -0.2) is 0 Å². The molecule has 2 aromatic heterocycles. The molecule has 1 aliphatic rings. The quantitative estimate of drug-likeness (QED) is 0.268. The summed E-state index contributed by atoms with van der Waals surface area (Å²) in [5, 5.41) is 7.52. The van der Waals surface area contributed by atoms with Crippen LogP contribution in [0.4, 0.5) is 0 Å². The highest BCUT2D eigenvalue weighted by atomic mass is 127. The molecule has 3 heterocycles. The van der Waals surface area contributed by atoms with Crippen molar-refractivity contribution >= 4 is 29.9 Å². The van der Waals surface area contributed by atoms with E-state index in [-0.39, 0.29) is 24.0 Å². The highest BCUT2D eigenvalue weighted by Crippen LogP contribution is 2.25. The summed E-state index contributed by atoms with van der Waals surface area (Å²) >= 11 is 0. The van der Waals surface area contributed by atoms with Gasteiger partial charge in [-0.1, -0.05) is 48.5 Å². The number of aliphatic imine (C=N–C) groups is 1. The number of pyridine rings is 1. The van der Waals surface area contributed by atoms with Gasteiger partial charge in [0.15, 0.2) is 11.8 Å². The topological polar surface area (TPSA) is 82.7 Å². The van der Waals surface area contributed by atoms with Gasteiger partial charge in [0.25, 0.3) is 5.89 Å². The molecule has 0 amide bonds. The maximum absolute atomic E-state index is 5.33. The molecule has 8 nitrogen and oxygen atoms in total. The van der Waals surface area contributed by atoms with Gasteiger partial charge >= 0.3 is 0 Å². The van der Waals surface area contributed by atoms with Gasteiger partial charge in [0.2, 0.25) is 0 Å². The first-order valence-electron chi connectivity index (χ1n) is 11.3. The molecule has 1 aromatic carbocycles. The first kappa shape index (κ1) is 25.1. The lowest BCUT2D eigenvalue weighted by Crippen LogP contribution is -2.53. The van der Waals surface area contributed by atoms with Crippen LogP contribution in [-0.4, -0.2) is 70.7 Å². The minimum atomic E-state index is 0. The summed E-state index contributed by atoms with van der Waals surface area (Å²) in [6, 6.07) is 16.9. The monoisotopic (exact) mass is 561 g/mol. The van der Waals surface area contributed by atoms with Crippen molar-refractivity contribution in [2.24, 2.45) is 4.99 Å². The third-order valence-corrected chi connectivity index (χ3v) is 5.82. The van der Waals surface area contributed by atoms with Crippen LogP contribution in [-0.2, 0) is 6.42 Å². The van der Waals surface area contributed by atoms with Crippen molar-refractivity contribution in [1.29, 1.82) is 0 Å². The maximum Gasteiger partial charge on any atom is 0.276 e. The van der Waals surface area contributed by atoms with Crippen molar-refractivity contribution in [2.75, 3.05) is 39.8 Å². The fourth-order valence-corrected chi connectivity index (χ4v) is 4.19. The zero-order valence-corrected chi connectivity index (χ0v) is 21.6. The molecule has 0 spiro atoms. The number of hydrogen-bond donors (Lipinski definition) is 1. The van der Waals surface area contributed by atoms with E-state index >= 15 is 0 Å². The first-order valence-corrected chi connectivity index (χ1v) is 11.3. The van der Waals surface area contributed by atoms with Crippen LogP contribution in [0.25, 0.3) is 11.6 Å². The van der Waals surface area contributed by atoms with E-state index in [2.05, 4.69) is 72.5 Å². The number of nitrogens with zero attached hydrogens (tertiary/aromatic N) is 6. The fourth-order valence-electron chi connectivity index (χ4n) is 4.19. The van der Waals surface area contributed by atoms with Crippen molar-refractivity contribution in [1.82, 2.24) is 30.2 Å². The summed E-state index contributed by atoms with van der Waals surface area (Å²) in [6.07, 6.45) is 3.48. The Hall–Kier alpha value is -2.53. The Labute approximate surface area is 212 Å². The van der Waals surface area contributed by atoms with Gasteiger partial charge < -0.3 is 14.7 Å². The second-order valence-electron chi connectivity index (χ2n) is 7.81. The van der Waals surface area contributed by atoms with Gasteiger partial charge in [0.05, 0.1) is 0 Å². The van der Waals surface area contributed by atoms with E-state index in [0.29, 0.717) is 36.4 Å². The molecule has 1 atom stereocenters. The van der Waals surface area contributed by atoms with Crippen molar-refractivity contribution in [3.8, 4) is 11.6 Å². The molecule has 1 saturated heterocycles. The van der Waals surface area contributed by atoms with Crippen LogP contribution in [0.15, 0.2) is 64.2 Å². The summed E-state index contributed by atoms with van der Waals surface area (Å²) in [7, 11) is 1.83. The molecule has 9 heteroatoms. The van der Waals surface area contributed by atoms with Crippen molar-refractivity contribution in [3.05, 3.63) is 66.1 Å². The summed E-state index contributed by atoms with van der Waals surface area (Å²) in [5.74, 6) is 2.03. The Bertz CT molecular complexity index is 988. The number of rotatable bonds is 7. The minimum Gasteiger partial charge on any atom is -0.356 e. The second kappa shape index (κ2) is 12.6. The van der Waals surface area contributed by atoms with E-state index < -0.39 is 0 Å². The molecular weight excluding hydrogens is 529 g/mol. The predicted molar refractivity (Wildman–Crippen MR) is 141 cm³/mol. The van der Waals surface area contributed by atoms with Crippen LogP contribution < -0.4 is 5.32 Å². The van der Waals surface area contributed by atoms with Crippen LogP contribution in [0.1, 0.15) is 30.8 Å². The van der Waals surface area contributed by atoms with Crippen molar-refractivity contribution in [3.63, 3.8) is 0 Å². The van der Waals surface area contributed by atoms with Crippen LogP contribution >= 0.6 is 24.0 Å². The molecule has 1 N–H and O–H groups in total. The van der Waals surface area contributed by atoms with E-state index in [9.17, 15) is 0 Å². The van der Waals surface area contributed by atoms with E-state index in [0.717, 1.165) is 38.6 Å². The zero-order chi connectivity index (χ0) is 22.2. The Morgan fingerprint density at radius 3 is 2.52 bits per heavy atom. The molecule has 0 bridgehead atoms. The van der Waals surface area contributed by atoms with Gasteiger partial charge in [-0.3, -0.25) is 14.9 Å². The first-order chi connectivity index (χ1) is 15.8. The average Bonchev–Trinajstić information content (AvgIpc) is 3.33. The molecule has 0 saturated carbocycles. The summed E-state index contributed by atoms with van der Waals surface area (Å²) in [4.78, 5) is 18.1. The van der Waals surface area contributed by atoms with Gasteiger partial charge in [-0.15, -0.1) is 24.0 Å². The lowest BCUT2D eigenvalue weighted by molar-refractivity contribution is 0.127. The highest BCUT2D eigenvalue weighted by molar-refractivity contribution is 14.0. The van der Waals surface area contributed by atoms with E-state index in [4.69, 9.17) is 4.52 Å². The molecule has 0 aliphatic carbocycles. The SMILES string of the molecule is CCC(c1ccccc1)N1CCN(C(=NC)NCCc2noc(-c3ccccn3)n2)CC1.I. The zero-order valence-electron chi connectivity index (χ0n) is 19.2. The Kier molecular flexibility index (Phi) is 9.61. The lowest BCUT2D eigenvalue weighted by Gasteiger charge is -2.40. The van der Waals surface area contributed by atoms with Crippen LogP contribution in [0.5, 0.6) is 0 Å². The number of benzene rings is 1. The molecule has 1 unspecified atom stereocenters. The molecular formula is C24H32IN7O. The summed E-state index contributed by atoms with van der Waals surface area (Å²) in [6.45, 7) is 6.90. The summed E-state index contributed by atoms with van der Waals surface area (Å²) in [5.41, 5.74) is 2.09. The average molecular weight is 561 g/mol. The molecule has 176 valence electrons. The summed E-state index contributed by atoms with van der Waals surface area (Å²) < 4.78 is 5.33. The minimum absolute atomic E-state index is 0. The fraction of sp³-hybridized carbons (Fsp3) is 0.417. The highest BCUT2D eigenvalue weighted by Gasteiger charge is 2.25. The largest absolute Gasteiger partial charge is 0.356 e. The smallest absolute Gasteiger partial charge is 0.276 e. The van der Waals surface area contributed by atoms with Crippen LogP contribution in [0.3, 0.4) is 0 Å². The van der Waals surface area contributed by atoms with Gasteiger partial charge in [0.1, 0.15) is 5.69 Å². The number of nitrogens with one attached hydrogen (secondary N) is 1. The maximum atomic E-state index is 5.33. The van der Waals surface area contributed by atoms with E-state index in [1.54, 1.807) is 6.20 Å². The van der Waals surface area contributed by atoms with E-state index in [1.165, 1.54) is 5.56 Å². The normalized spacial score (nSPS) is 15.7. The van der Waals surface area contributed by atoms with Gasteiger partial charge in [0, 0.05) is 58.4 Å². The molecule has 1 aliphatic heterocycles. The third-order valence-electron chi connectivity index (χ3n) is 5.82. The lowest BCUT2D eigenvalue weighted by atomic mass is 10.0. The van der Waals surface area contributed by atoms with E-state index in [1.807, 2.05) is 25.2 Å². The van der Waals surface area contributed by atoms with Crippen molar-refractivity contribution < 1.29 is 4.52 Å². The number of aromatic nitrogens is 3. The van der Waals surface area contributed by atoms with Crippen LogP contribution in [0, 0.1) is 0 Å². The number of guanidine groups is 1. The number of halogens is 1. The molecule has 1 fully saturated rings. The molecule has 33 heavy (non-hydrogen) atoms. The molecule has 3 aromatic rings. The number of piperazine rings is 1. The van der Waals surface area contributed by atoms with Crippen LogP contribution in [0.2, 0.25) is 0 Å². The predicted octanol–water partition coefficient (Wildman–Crippen LogP) is 3.64.